The van der Waals surface area contributed by atoms with Crippen LogP contribution in [0.5, 0.6) is 17.2 Å². The molecule has 1 aliphatic rings. The SMILES string of the molecule is S=C(NCc1ccc2c(c1)OCO2)c1ccccc1OCc1ccccc1. The first-order valence-electron chi connectivity index (χ1n) is 8.72. The summed E-state index contributed by atoms with van der Waals surface area (Å²) in [5.41, 5.74) is 3.07. The zero-order valence-corrected chi connectivity index (χ0v) is 15.5. The van der Waals surface area contributed by atoms with E-state index in [0.717, 1.165) is 33.9 Å². The van der Waals surface area contributed by atoms with Crippen LogP contribution < -0.4 is 19.5 Å². The van der Waals surface area contributed by atoms with E-state index in [2.05, 4.69) is 5.32 Å². The van der Waals surface area contributed by atoms with Gasteiger partial charge < -0.3 is 19.5 Å². The second-order valence-electron chi connectivity index (χ2n) is 6.14. The summed E-state index contributed by atoms with van der Waals surface area (Å²) in [4.78, 5) is 0.649. The molecule has 4 nitrogen and oxygen atoms in total. The molecule has 0 amide bonds. The first-order valence-corrected chi connectivity index (χ1v) is 9.13. The first kappa shape index (κ1) is 17.4. The van der Waals surface area contributed by atoms with Crippen LogP contribution in [0, 0.1) is 0 Å². The van der Waals surface area contributed by atoms with Crippen LogP contribution in [-0.2, 0) is 13.2 Å². The molecular formula is C22H19NO3S. The highest BCUT2D eigenvalue weighted by molar-refractivity contribution is 7.80. The lowest BCUT2D eigenvalue weighted by atomic mass is 10.1. The highest BCUT2D eigenvalue weighted by Gasteiger charge is 2.14. The Bertz CT molecular complexity index is 943. The third-order valence-corrected chi connectivity index (χ3v) is 4.62. The topological polar surface area (TPSA) is 39.7 Å². The van der Waals surface area contributed by atoms with Gasteiger partial charge in [0.15, 0.2) is 11.5 Å². The lowest BCUT2D eigenvalue weighted by Crippen LogP contribution is -2.22. The van der Waals surface area contributed by atoms with Crippen molar-refractivity contribution < 1.29 is 14.2 Å². The lowest BCUT2D eigenvalue weighted by molar-refractivity contribution is 0.174. The van der Waals surface area contributed by atoms with Crippen molar-refractivity contribution in [1.29, 1.82) is 0 Å². The molecule has 0 unspecified atom stereocenters. The highest BCUT2D eigenvalue weighted by atomic mass is 32.1. The third-order valence-electron chi connectivity index (χ3n) is 4.26. The molecule has 4 rings (SSSR count). The standard InChI is InChI=1S/C22H19NO3S/c27-22(23-13-17-10-11-20-21(12-17)26-15-25-20)18-8-4-5-9-19(18)24-14-16-6-2-1-3-7-16/h1-12H,13-15H2,(H,23,27). The summed E-state index contributed by atoms with van der Waals surface area (Å²) in [5.74, 6) is 2.32. The predicted molar refractivity (Wildman–Crippen MR) is 108 cm³/mol. The molecular weight excluding hydrogens is 358 g/mol. The summed E-state index contributed by atoms with van der Waals surface area (Å²) >= 11 is 5.59. The number of rotatable bonds is 6. The molecule has 0 spiro atoms. The van der Waals surface area contributed by atoms with Gasteiger partial charge in [0, 0.05) is 6.54 Å². The van der Waals surface area contributed by atoms with E-state index in [1.54, 1.807) is 0 Å². The fourth-order valence-corrected chi connectivity index (χ4v) is 3.08. The van der Waals surface area contributed by atoms with Crippen molar-refractivity contribution in [3.8, 4) is 17.2 Å². The van der Waals surface area contributed by atoms with Crippen molar-refractivity contribution in [2.45, 2.75) is 13.2 Å². The molecule has 136 valence electrons. The van der Waals surface area contributed by atoms with Gasteiger partial charge in [0.2, 0.25) is 6.79 Å². The van der Waals surface area contributed by atoms with Gasteiger partial charge >= 0.3 is 0 Å². The van der Waals surface area contributed by atoms with Crippen LogP contribution in [0.25, 0.3) is 0 Å². The van der Waals surface area contributed by atoms with Crippen molar-refractivity contribution in [3.63, 3.8) is 0 Å². The summed E-state index contributed by atoms with van der Waals surface area (Å²) in [7, 11) is 0. The summed E-state index contributed by atoms with van der Waals surface area (Å²) in [5, 5.41) is 3.30. The zero-order chi connectivity index (χ0) is 18.5. The Balaban J connectivity index is 1.41. The smallest absolute Gasteiger partial charge is 0.231 e. The number of hydrogen-bond acceptors (Lipinski definition) is 4. The Kier molecular flexibility index (Phi) is 5.21. The number of hydrogen-bond donors (Lipinski definition) is 1. The minimum absolute atomic E-state index is 0.275. The van der Waals surface area contributed by atoms with Crippen LogP contribution in [-0.4, -0.2) is 11.8 Å². The maximum absolute atomic E-state index is 5.99. The van der Waals surface area contributed by atoms with Gasteiger partial charge in [0.1, 0.15) is 17.3 Å². The van der Waals surface area contributed by atoms with Crippen molar-refractivity contribution in [2.24, 2.45) is 0 Å². The first-order chi connectivity index (χ1) is 13.3. The number of thiocarbonyl (C=S) groups is 1. The summed E-state index contributed by atoms with van der Waals surface area (Å²) in [6.07, 6.45) is 0. The molecule has 0 atom stereocenters. The van der Waals surface area contributed by atoms with Gasteiger partial charge in [0.25, 0.3) is 0 Å². The van der Waals surface area contributed by atoms with Gasteiger partial charge in [-0.1, -0.05) is 60.7 Å². The summed E-state index contributed by atoms with van der Waals surface area (Å²) in [6, 6.07) is 23.8. The molecule has 1 aliphatic heterocycles. The average molecular weight is 377 g/mol. The van der Waals surface area contributed by atoms with Crippen molar-refractivity contribution >= 4 is 17.2 Å². The van der Waals surface area contributed by atoms with Crippen LogP contribution in [0.15, 0.2) is 72.8 Å². The number of fused-ring (bicyclic) bond motifs is 1. The number of benzene rings is 3. The number of ether oxygens (including phenoxy) is 3. The average Bonchev–Trinajstić information content (AvgIpc) is 3.19. The molecule has 0 aliphatic carbocycles. The van der Waals surface area contributed by atoms with Crippen molar-refractivity contribution in [2.75, 3.05) is 6.79 Å². The maximum atomic E-state index is 5.99. The third kappa shape index (κ3) is 4.20. The van der Waals surface area contributed by atoms with E-state index in [-0.39, 0.29) is 6.79 Å². The molecule has 3 aromatic carbocycles. The molecule has 27 heavy (non-hydrogen) atoms. The van der Waals surface area contributed by atoms with Crippen molar-refractivity contribution in [3.05, 3.63) is 89.5 Å². The largest absolute Gasteiger partial charge is 0.488 e. The predicted octanol–water partition coefficient (Wildman–Crippen LogP) is 4.46. The molecule has 0 aromatic heterocycles. The van der Waals surface area contributed by atoms with Crippen LogP contribution >= 0.6 is 12.2 Å². The van der Waals surface area contributed by atoms with Gasteiger partial charge in [-0.05, 0) is 35.4 Å². The molecule has 0 bridgehead atoms. The van der Waals surface area contributed by atoms with Crippen LogP contribution in [0.4, 0.5) is 0 Å². The van der Waals surface area contributed by atoms with Gasteiger partial charge in [-0.25, -0.2) is 0 Å². The lowest BCUT2D eigenvalue weighted by Gasteiger charge is -2.14. The van der Waals surface area contributed by atoms with Crippen LogP contribution in [0.3, 0.4) is 0 Å². The molecule has 5 heteroatoms. The zero-order valence-electron chi connectivity index (χ0n) is 14.7. The van der Waals surface area contributed by atoms with E-state index in [9.17, 15) is 0 Å². The van der Waals surface area contributed by atoms with E-state index < -0.39 is 0 Å². The van der Waals surface area contributed by atoms with Gasteiger partial charge in [-0.15, -0.1) is 0 Å². The molecule has 0 fully saturated rings. The molecule has 3 aromatic rings. The summed E-state index contributed by atoms with van der Waals surface area (Å²) in [6.45, 7) is 1.38. The Morgan fingerprint density at radius 3 is 2.56 bits per heavy atom. The van der Waals surface area contributed by atoms with Crippen molar-refractivity contribution in [1.82, 2.24) is 5.32 Å². The normalized spacial score (nSPS) is 11.9. The highest BCUT2D eigenvalue weighted by Crippen LogP contribution is 2.32. The number of para-hydroxylation sites is 1. The summed E-state index contributed by atoms with van der Waals surface area (Å²) < 4.78 is 16.8. The minimum Gasteiger partial charge on any atom is -0.488 e. The maximum Gasteiger partial charge on any atom is 0.231 e. The molecule has 0 saturated heterocycles. The van der Waals surface area contributed by atoms with Gasteiger partial charge in [-0.3, -0.25) is 0 Å². The Morgan fingerprint density at radius 2 is 1.67 bits per heavy atom. The fourth-order valence-electron chi connectivity index (χ4n) is 2.84. The van der Waals surface area contributed by atoms with Crippen LogP contribution in [0.1, 0.15) is 16.7 Å². The van der Waals surface area contributed by atoms with E-state index in [4.69, 9.17) is 26.4 Å². The van der Waals surface area contributed by atoms with E-state index in [0.29, 0.717) is 18.1 Å². The Morgan fingerprint density at radius 1 is 0.889 bits per heavy atom. The number of nitrogens with one attached hydrogen (secondary N) is 1. The second kappa shape index (κ2) is 8.10. The Hall–Kier alpha value is -3.05. The minimum atomic E-state index is 0.275. The van der Waals surface area contributed by atoms with Gasteiger partial charge in [0.05, 0.1) is 5.56 Å². The molecule has 0 radical (unpaired) electrons. The van der Waals surface area contributed by atoms with E-state index in [1.807, 2.05) is 72.8 Å². The van der Waals surface area contributed by atoms with Crippen LogP contribution in [0.2, 0.25) is 0 Å². The Labute approximate surface area is 163 Å². The molecule has 0 saturated carbocycles. The molecule has 1 N–H and O–H groups in total. The molecule has 1 heterocycles. The van der Waals surface area contributed by atoms with E-state index >= 15 is 0 Å². The quantitative estimate of drug-likeness (QED) is 0.642. The van der Waals surface area contributed by atoms with Gasteiger partial charge in [-0.2, -0.15) is 0 Å². The second-order valence-corrected chi connectivity index (χ2v) is 6.55. The van der Waals surface area contributed by atoms with E-state index in [1.165, 1.54) is 0 Å². The monoisotopic (exact) mass is 377 g/mol. The fraction of sp³-hybridized carbons (Fsp3) is 0.136.